The number of alkyl halides is 2. The van der Waals surface area contributed by atoms with E-state index in [1.807, 2.05) is 18.9 Å². The summed E-state index contributed by atoms with van der Waals surface area (Å²) in [6, 6.07) is 15.5. The Morgan fingerprint density at radius 3 is 1.25 bits per heavy atom. The Morgan fingerprint density at radius 1 is 0.694 bits per heavy atom. The molecule has 0 aliphatic heterocycles. The summed E-state index contributed by atoms with van der Waals surface area (Å²) in [5.41, 5.74) is 1.65. The van der Waals surface area contributed by atoms with Crippen LogP contribution in [0.3, 0.4) is 0 Å². The molecule has 11 nitrogen and oxygen atoms in total. The fourth-order valence-corrected chi connectivity index (χ4v) is 3.74. The van der Waals surface area contributed by atoms with Crippen molar-refractivity contribution in [2.24, 2.45) is 0 Å². The van der Waals surface area contributed by atoms with Gasteiger partial charge in [0.25, 0.3) is 0 Å². The van der Waals surface area contributed by atoms with Crippen LogP contribution in [0.5, 0.6) is 0 Å². The van der Waals surface area contributed by atoms with E-state index in [0.29, 0.717) is 0 Å². The molecule has 2 aromatic carbocycles. The van der Waals surface area contributed by atoms with Gasteiger partial charge < -0.3 is 14.3 Å². The molecular formula is C21H26Cl2N2O9S2. The zero-order valence-corrected chi connectivity index (χ0v) is 22.1. The normalized spacial score (nSPS) is 11.8. The van der Waals surface area contributed by atoms with Gasteiger partial charge in [0.2, 0.25) is 21.8 Å². The molecule has 0 saturated carbocycles. The lowest BCUT2D eigenvalue weighted by Crippen LogP contribution is -2.38. The van der Waals surface area contributed by atoms with Crippen LogP contribution in [0.2, 0.25) is 0 Å². The molecule has 36 heavy (non-hydrogen) atoms. The summed E-state index contributed by atoms with van der Waals surface area (Å²) in [6.45, 7) is 2.00. The van der Waals surface area contributed by atoms with E-state index in [1.54, 1.807) is 48.5 Å². The van der Waals surface area contributed by atoms with E-state index in [0.717, 1.165) is 11.1 Å². The first-order valence-electron chi connectivity index (χ1n) is 9.89. The first kappa shape index (κ1) is 33.4. The Bertz CT molecular complexity index is 956. The van der Waals surface area contributed by atoms with Gasteiger partial charge in [-0.3, -0.25) is 9.59 Å². The largest absolute Gasteiger partial charge is 0.448 e. The van der Waals surface area contributed by atoms with E-state index in [-0.39, 0.29) is 25.0 Å². The summed E-state index contributed by atoms with van der Waals surface area (Å²) in [6.07, 6.45) is 0.444. The van der Waals surface area contributed by atoms with Crippen molar-refractivity contribution in [2.45, 2.75) is 24.9 Å². The van der Waals surface area contributed by atoms with Crippen LogP contribution in [-0.2, 0) is 58.5 Å². The molecular weight excluding hydrogens is 559 g/mol. The van der Waals surface area contributed by atoms with Crippen molar-refractivity contribution < 1.29 is 40.7 Å². The van der Waals surface area contributed by atoms with Gasteiger partial charge in [-0.15, -0.1) is 0 Å². The van der Waals surface area contributed by atoms with E-state index in [9.17, 15) is 26.4 Å². The standard InChI is InChI=1S/2C10H12ClNO4S.CH2O/c2*11-7-16-10(13)9(12-17(14)15)6-8-4-2-1-3-5-8;1-2/h2*1-5,9,17H,6-7H2,(H,12,14,15);1H2/t2*9-;/m00./s1. The summed E-state index contributed by atoms with van der Waals surface area (Å²) in [5.74, 6) is -1.38. The van der Waals surface area contributed by atoms with Crippen LogP contribution in [0, 0.1) is 0 Å². The number of hydrogen-bond donors (Lipinski definition) is 4. The van der Waals surface area contributed by atoms with Crippen LogP contribution in [0.25, 0.3) is 0 Å². The second-order valence-corrected chi connectivity index (χ2v) is 8.38. The minimum atomic E-state index is -2.87. The molecule has 0 spiro atoms. The summed E-state index contributed by atoms with van der Waals surface area (Å²) >= 11 is 10.5. The molecule has 2 rings (SSSR count). The number of carbonyl (C=O) groups is 3. The van der Waals surface area contributed by atoms with Crippen LogP contribution in [0.15, 0.2) is 60.7 Å². The van der Waals surface area contributed by atoms with Crippen LogP contribution < -0.4 is 9.44 Å². The average Bonchev–Trinajstić information content (AvgIpc) is 2.86. The Kier molecular flexibility index (Phi) is 19.2. The molecule has 0 aliphatic carbocycles. The third kappa shape index (κ3) is 15.4. The van der Waals surface area contributed by atoms with Gasteiger partial charge in [0, 0.05) is 0 Å². The molecule has 0 aliphatic rings. The first-order valence-corrected chi connectivity index (χ1v) is 13.3. The Balaban J connectivity index is 0.000000637. The Hall–Kier alpha value is -2.55. The molecule has 15 heteroatoms. The molecule has 2 atom stereocenters. The van der Waals surface area contributed by atoms with Crippen molar-refractivity contribution in [2.75, 3.05) is 12.1 Å². The van der Waals surface area contributed by atoms with E-state index >= 15 is 0 Å². The molecule has 0 radical (unpaired) electrons. The van der Waals surface area contributed by atoms with Crippen LogP contribution in [-0.4, -0.2) is 59.8 Å². The van der Waals surface area contributed by atoms with Gasteiger partial charge in [-0.2, -0.15) is 0 Å². The summed E-state index contributed by atoms with van der Waals surface area (Å²) in [4.78, 5) is 30.9. The minimum Gasteiger partial charge on any atom is -0.448 e. The number of carbonyl (C=O) groups excluding carboxylic acids is 3. The topological polar surface area (TPSA) is 162 Å². The molecule has 0 aromatic heterocycles. The summed E-state index contributed by atoms with van der Waals surface area (Å²) < 4.78 is 55.8. The lowest BCUT2D eigenvalue weighted by Gasteiger charge is -2.13. The lowest BCUT2D eigenvalue weighted by molar-refractivity contribution is -0.144. The van der Waals surface area contributed by atoms with Crippen molar-refractivity contribution >= 4 is 63.7 Å². The molecule has 2 aromatic rings. The van der Waals surface area contributed by atoms with Gasteiger partial charge in [0.05, 0.1) is 0 Å². The van der Waals surface area contributed by atoms with Crippen molar-refractivity contribution in [3.8, 4) is 0 Å². The predicted molar refractivity (Wildman–Crippen MR) is 136 cm³/mol. The van der Waals surface area contributed by atoms with Gasteiger partial charge in [0.1, 0.15) is 18.9 Å². The van der Waals surface area contributed by atoms with Gasteiger partial charge in [0.15, 0.2) is 12.1 Å². The first-order chi connectivity index (χ1) is 17.3. The van der Waals surface area contributed by atoms with Gasteiger partial charge >= 0.3 is 11.9 Å². The van der Waals surface area contributed by atoms with E-state index in [4.69, 9.17) is 28.0 Å². The summed E-state index contributed by atoms with van der Waals surface area (Å²) in [7, 11) is -5.75. The molecule has 0 saturated heterocycles. The van der Waals surface area contributed by atoms with Crippen LogP contribution in [0.4, 0.5) is 0 Å². The number of ether oxygens (including phenoxy) is 2. The smallest absolute Gasteiger partial charge is 0.325 e. The SMILES string of the molecule is C=O.O=C(OCCl)[C@H](Cc1ccccc1)N[SH](=O)=O.O=C(OCCl)[C@H](Cc1ccccc1)N[SH](=O)=O. The van der Waals surface area contributed by atoms with Gasteiger partial charge in [-0.1, -0.05) is 83.9 Å². The van der Waals surface area contributed by atoms with E-state index in [2.05, 4.69) is 18.9 Å². The molecule has 0 fully saturated rings. The van der Waals surface area contributed by atoms with Crippen LogP contribution in [0.1, 0.15) is 11.1 Å². The molecule has 200 valence electrons. The minimum absolute atomic E-state index is 0.222. The zero-order valence-electron chi connectivity index (χ0n) is 18.8. The quantitative estimate of drug-likeness (QED) is 0.160. The van der Waals surface area contributed by atoms with Crippen molar-refractivity contribution in [3.05, 3.63) is 71.8 Å². The number of halogens is 2. The summed E-state index contributed by atoms with van der Waals surface area (Å²) in [5, 5.41) is 0. The second kappa shape index (κ2) is 20.6. The van der Waals surface area contributed by atoms with Crippen molar-refractivity contribution in [3.63, 3.8) is 0 Å². The maximum Gasteiger partial charge on any atom is 0.325 e. The molecule has 2 N–H and O–H groups in total. The third-order valence-corrected chi connectivity index (χ3v) is 5.31. The number of hydrogen-bond acceptors (Lipinski definition) is 9. The Morgan fingerprint density at radius 2 is 1.00 bits per heavy atom. The second-order valence-electron chi connectivity index (χ2n) is 6.40. The monoisotopic (exact) mass is 584 g/mol. The zero-order chi connectivity index (χ0) is 27.3. The van der Waals surface area contributed by atoms with Crippen LogP contribution >= 0.6 is 23.2 Å². The Labute approximate surface area is 222 Å². The highest BCUT2D eigenvalue weighted by molar-refractivity contribution is 7.70. The number of nitrogens with one attached hydrogen (secondary N) is 2. The lowest BCUT2D eigenvalue weighted by atomic mass is 10.1. The molecule has 0 amide bonds. The van der Waals surface area contributed by atoms with Gasteiger partial charge in [-0.25, -0.2) is 26.3 Å². The highest BCUT2D eigenvalue weighted by Gasteiger charge is 2.21. The molecule has 0 unspecified atom stereocenters. The molecule has 0 bridgehead atoms. The fourth-order valence-electron chi connectivity index (χ4n) is 2.63. The number of benzene rings is 2. The van der Waals surface area contributed by atoms with Crippen molar-refractivity contribution in [1.82, 2.24) is 9.44 Å². The third-order valence-electron chi connectivity index (χ3n) is 4.05. The van der Waals surface area contributed by atoms with Gasteiger partial charge in [-0.05, 0) is 24.0 Å². The number of rotatable bonds is 12. The number of esters is 2. The highest BCUT2D eigenvalue weighted by atomic mass is 35.5. The maximum atomic E-state index is 11.4. The average molecular weight is 585 g/mol. The number of thiol groups is 2. The fraction of sp³-hybridized carbons (Fsp3) is 0.286. The van der Waals surface area contributed by atoms with E-state index in [1.165, 1.54) is 0 Å². The molecule has 0 heterocycles. The highest BCUT2D eigenvalue weighted by Crippen LogP contribution is 2.06. The van der Waals surface area contributed by atoms with E-state index < -0.39 is 45.8 Å². The maximum absolute atomic E-state index is 11.4. The predicted octanol–water partition coefficient (Wildman–Crippen LogP) is 0.722. The van der Waals surface area contributed by atoms with Crippen molar-refractivity contribution in [1.29, 1.82) is 0 Å².